The maximum absolute atomic E-state index is 10.9. The molecule has 0 radical (unpaired) electrons. The molecule has 68 valence electrons. The van der Waals surface area contributed by atoms with Crippen molar-refractivity contribution in [2.45, 2.75) is 6.61 Å². The van der Waals surface area contributed by atoms with Gasteiger partial charge in [0.25, 0.3) is 5.56 Å². The predicted octanol–water partition coefficient (Wildman–Crippen LogP) is -1.51. The van der Waals surface area contributed by atoms with E-state index in [-0.39, 0.29) is 29.6 Å². The van der Waals surface area contributed by atoms with Gasteiger partial charge in [-0.1, -0.05) is 0 Å². The molecular weight excluding hydrogens is 174 g/mol. The summed E-state index contributed by atoms with van der Waals surface area (Å²) in [6.07, 6.45) is 0. The number of nitrogen functional groups attached to an aromatic ring is 1. The van der Waals surface area contributed by atoms with E-state index in [1.54, 1.807) is 0 Å². The van der Waals surface area contributed by atoms with E-state index in [0.29, 0.717) is 0 Å². The smallest absolute Gasteiger partial charge is 0.254 e. The first-order valence-corrected chi connectivity index (χ1v) is 3.56. The molecular formula is C6H7N5O2. The maximum Gasteiger partial charge on any atom is 0.254 e. The van der Waals surface area contributed by atoms with E-state index in [9.17, 15) is 4.79 Å². The van der Waals surface area contributed by atoms with Crippen LogP contribution in [0.25, 0.3) is 5.78 Å². The molecule has 0 atom stereocenters. The monoisotopic (exact) mass is 181 g/mol. The minimum absolute atomic E-state index is 0.186. The summed E-state index contributed by atoms with van der Waals surface area (Å²) < 4.78 is 1.26. The fourth-order valence-corrected chi connectivity index (χ4v) is 1.02. The Bertz CT molecular complexity index is 499. The minimum atomic E-state index is -0.345. The Labute approximate surface area is 71.8 Å². The summed E-state index contributed by atoms with van der Waals surface area (Å²) in [7, 11) is 0. The van der Waals surface area contributed by atoms with E-state index in [2.05, 4.69) is 15.1 Å². The zero-order chi connectivity index (χ0) is 9.42. The number of hydrogen-bond acceptors (Lipinski definition) is 5. The molecule has 2 aromatic heterocycles. The highest BCUT2D eigenvalue weighted by molar-refractivity contribution is 5.38. The highest BCUT2D eigenvalue weighted by atomic mass is 16.3. The quantitative estimate of drug-likeness (QED) is 0.495. The third-order valence-corrected chi connectivity index (χ3v) is 1.55. The number of hydrogen-bond donors (Lipinski definition) is 3. The van der Waals surface area contributed by atoms with Gasteiger partial charge in [-0.25, -0.2) is 0 Å². The van der Waals surface area contributed by atoms with Crippen molar-refractivity contribution in [2.24, 2.45) is 0 Å². The lowest BCUT2D eigenvalue weighted by Crippen LogP contribution is -2.11. The third-order valence-electron chi connectivity index (χ3n) is 1.55. The van der Waals surface area contributed by atoms with E-state index in [1.165, 1.54) is 10.6 Å². The van der Waals surface area contributed by atoms with E-state index in [1.807, 2.05) is 0 Å². The third kappa shape index (κ3) is 1.14. The number of aromatic nitrogens is 4. The normalized spacial score (nSPS) is 10.8. The van der Waals surface area contributed by atoms with Gasteiger partial charge < -0.3 is 10.8 Å². The van der Waals surface area contributed by atoms with Crippen LogP contribution in [0.3, 0.4) is 0 Å². The number of nitrogens with zero attached hydrogens (tertiary/aromatic N) is 3. The summed E-state index contributed by atoms with van der Waals surface area (Å²) >= 11 is 0. The molecule has 0 fully saturated rings. The molecule has 0 unspecified atom stereocenters. The van der Waals surface area contributed by atoms with Gasteiger partial charge in [0.05, 0.1) is 0 Å². The first-order chi connectivity index (χ1) is 6.20. The summed E-state index contributed by atoms with van der Waals surface area (Å²) in [6, 6.07) is 1.20. The molecule has 0 spiro atoms. The van der Waals surface area contributed by atoms with Crippen molar-refractivity contribution >= 4 is 11.6 Å². The second-order valence-corrected chi connectivity index (χ2v) is 2.48. The predicted molar refractivity (Wildman–Crippen MR) is 43.9 cm³/mol. The number of aromatic amines is 1. The first-order valence-electron chi connectivity index (χ1n) is 3.56. The number of nitrogens with two attached hydrogens (primary N) is 1. The van der Waals surface area contributed by atoms with Crippen LogP contribution < -0.4 is 11.3 Å². The van der Waals surface area contributed by atoms with Crippen molar-refractivity contribution in [3.8, 4) is 0 Å². The molecule has 7 nitrogen and oxygen atoms in total. The van der Waals surface area contributed by atoms with Gasteiger partial charge in [0.1, 0.15) is 12.4 Å². The lowest BCUT2D eigenvalue weighted by molar-refractivity contribution is 0.271. The van der Waals surface area contributed by atoms with Gasteiger partial charge >= 0.3 is 0 Å². The molecule has 0 aliphatic carbocycles. The van der Waals surface area contributed by atoms with Gasteiger partial charge in [0.2, 0.25) is 5.78 Å². The zero-order valence-electron chi connectivity index (χ0n) is 6.56. The standard InChI is InChI=1S/C6H7N5O2/c7-3-1-5(13)9-6-8-4(2-12)10-11(3)6/h1,12H,2,7H2,(H,8,9,10,13). The summed E-state index contributed by atoms with van der Waals surface area (Å²) in [5.41, 5.74) is 5.14. The largest absolute Gasteiger partial charge is 0.388 e. The fraction of sp³-hybridized carbons (Fsp3) is 0.167. The van der Waals surface area contributed by atoms with E-state index in [4.69, 9.17) is 10.8 Å². The van der Waals surface area contributed by atoms with E-state index in [0.717, 1.165) is 0 Å². The summed E-state index contributed by atoms with van der Waals surface area (Å²) in [5.74, 6) is 0.633. The van der Waals surface area contributed by atoms with Crippen LogP contribution in [0, 0.1) is 0 Å². The number of aliphatic hydroxyl groups excluding tert-OH is 1. The summed E-state index contributed by atoms with van der Waals surface area (Å²) in [4.78, 5) is 17.2. The van der Waals surface area contributed by atoms with Crippen LogP contribution >= 0.6 is 0 Å². The molecule has 0 aromatic carbocycles. The number of rotatable bonds is 1. The molecule has 0 aliphatic rings. The molecule has 7 heteroatoms. The molecule has 2 aromatic rings. The lowest BCUT2D eigenvalue weighted by Gasteiger charge is -1.93. The van der Waals surface area contributed by atoms with Gasteiger partial charge in [-0.3, -0.25) is 9.78 Å². The van der Waals surface area contributed by atoms with E-state index >= 15 is 0 Å². The van der Waals surface area contributed by atoms with Crippen molar-refractivity contribution in [2.75, 3.05) is 5.73 Å². The highest BCUT2D eigenvalue weighted by Crippen LogP contribution is 2.00. The number of fused-ring (bicyclic) bond motifs is 1. The zero-order valence-corrected chi connectivity index (χ0v) is 6.56. The Morgan fingerprint density at radius 3 is 3.15 bits per heavy atom. The van der Waals surface area contributed by atoms with Crippen LogP contribution in [0.5, 0.6) is 0 Å². The van der Waals surface area contributed by atoms with Crippen LogP contribution in [0.15, 0.2) is 10.9 Å². The second kappa shape index (κ2) is 2.56. The first kappa shape index (κ1) is 7.74. The Balaban J connectivity index is 2.83. The number of aliphatic hydroxyl groups is 1. The Morgan fingerprint density at radius 1 is 1.69 bits per heavy atom. The molecule has 13 heavy (non-hydrogen) atoms. The van der Waals surface area contributed by atoms with Crippen molar-refractivity contribution in [1.82, 2.24) is 19.6 Å². The van der Waals surface area contributed by atoms with Crippen molar-refractivity contribution < 1.29 is 5.11 Å². The summed E-state index contributed by atoms with van der Waals surface area (Å²) in [5, 5.41) is 12.6. The molecule has 0 amide bonds. The second-order valence-electron chi connectivity index (χ2n) is 2.48. The van der Waals surface area contributed by atoms with Gasteiger partial charge in [0, 0.05) is 6.07 Å². The van der Waals surface area contributed by atoms with Crippen LogP contribution in [-0.2, 0) is 6.61 Å². The van der Waals surface area contributed by atoms with Gasteiger partial charge in [-0.15, -0.1) is 5.10 Å². The van der Waals surface area contributed by atoms with Crippen LogP contribution in [0.1, 0.15) is 5.82 Å². The Morgan fingerprint density at radius 2 is 2.46 bits per heavy atom. The Hall–Kier alpha value is -1.89. The van der Waals surface area contributed by atoms with Gasteiger partial charge in [0.15, 0.2) is 5.82 Å². The van der Waals surface area contributed by atoms with Crippen molar-refractivity contribution in [3.05, 3.63) is 22.2 Å². The van der Waals surface area contributed by atoms with E-state index < -0.39 is 0 Å². The average molecular weight is 181 g/mol. The number of anilines is 1. The van der Waals surface area contributed by atoms with Gasteiger partial charge in [-0.2, -0.15) is 9.50 Å². The number of nitrogens with one attached hydrogen (secondary N) is 1. The minimum Gasteiger partial charge on any atom is -0.388 e. The number of H-pyrrole nitrogens is 1. The van der Waals surface area contributed by atoms with Crippen molar-refractivity contribution in [1.29, 1.82) is 0 Å². The SMILES string of the molecule is Nc1cc(=O)[nH]c2nc(CO)nn12. The summed E-state index contributed by atoms with van der Waals surface area (Å²) in [6.45, 7) is -0.289. The Kier molecular flexibility index (Phi) is 1.52. The molecule has 2 heterocycles. The topological polar surface area (TPSA) is 109 Å². The van der Waals surface area contributed by atoms with Crippen LogP contribution in [0.2, 0.25) is 0 Å². The molecule has 2 rings (SSSR count). The molecule has 4 N–H and O–H groups in total. The fourth-order valence-electron chi connectivity index (χ4n) is 1.02. The van der Waals surface area contributed by atoms with Crippen LogP contribution in [0.4, 0.5) is 5.82 Å². The lowest BCUT2D eigenvalue weighted by atomic mass is 10.6. The molecule has 0 bridgehead atoms. The molecule has 0 saturated heterocycles. The average Bonchev–Trinajstić information content (AvgIpc) is 2.47. The van der Waals surface area contributed by atoms with Gasteiger partial charge in [-0.05, 0) is 0 Å². The maximum atomic E-state index is 10.9. The van der Waals surface area contributed by atoms with Crippen molar-refractivity contribution in [3.63, 3.8) is 0 Å². The molecule has 0 aliphatic heterocycles. The molecule has 0 saturated carbocycles. The highest BCUT2D eigenvalue weighted by Gasteiger charge is 2.05. The van der Waals surface area contributed by atoms with Crippen LogP contribution in [-0.4, -0.2) is 24.7 Å².